The van der Waals surface area contributed by atoms with E-state index in [1.807, 2.05) is 32.0 Å². The van der Waals surface area contributed by atoms with Crippen LogP contribution in [0.3, 0.4) is 0 Å². The molecule has 156 valence electrons. The molecule has 1 atom stereocenters. The van der Waals surface area contributed by atoms with Crippen molar-refractivity contribution in [2.45, 2.75) is 26.4 Å². The number of nitrogens with one attached hydrogen (secondary N) is 1. The molecule has 1 aromatic heterocycles. The van der Waals surface area contributed by atoms with E-state index < -0.39 is 23.7 Å². The van der Waals surface area contributed by atoms with Crippen LogP contribution in [0.15, 0.2) is 67.3 Å². The van der Waals surface area contributed by atoms with Crippen molar-refractivity contribution in [2.24, 2.45) is 5.92 Å². The molecule has 3 rings (SSSR count). The number of hydrogen-bond acceptors (Lipinski definition) is 4. The Hall–Kier alpha value is -3.48. The number of imidazole rings is 1. The summed E-state index contributed by atoms with van der Waals surface area (Å²) < 4.78 is 21.6. The van der Waals surface area contributed by atoms with E-state index in [1.165, 1.54) is 12.1 Å². The highest BCUT2D eigenvalue weighted by molar-refractivity contribution is 5.97. The fourth-order valence-corrected chi connectivity index (χ4v) is 2.88. The third kappa shape index (κ3) is 5.53. The highest BCUT2D eigenvalue weighted by atomic mass is 19.1. The summed E-state index contributed by atoms with van der Waals surface area (Å²) >= 11 is 0. The van der Waals surface area contributed by atoms with Gasteiger partial charge in [0, 0.05) is 23.5 Å². The summed E-state index contributed by atoms with van der Waals surface area (Å²) in [5.41, 5.74) is 1.25. The molecular formula is C23H24FN3O3. The van der Waals surface area contributed by atoms with Crippen LogP contribution in [0.25, 0.3) is 11.1 Å². The van der Waals surface area contributed by atoms with Crippen LogP contribution < -0.4 is 5.32 Å². The average molecular weight is 409 g/mol. The lowest BCUT2D eigenvalue weighted by molar-refractivity contribution is -0.147. The summed E-state index contributed by atoms with van der Waals surface area (Å²) in [7, 11) is 0. The fraction of sp³-hybridized carbons (Fsp3) is 0.261. The zero-order chi connectivity index (χ0) is 21.5. The molecular weight excluding hydrogens is 385 g/mol. The number of halogens is 1. The number of hydrogen-bond donors (Lipinski definition) is 1. The van der Waals surface area contributed by atoms with E-state index in [2.05, 4.69) is 10.3 Å². The minimum atomic E-state index is -0.928. The number of carbonyl (C=O) groups excluding carboxylic acids is 2. The van der Waals surface area contributed by atoms with Crippen LogP contribution in [0, 0.1) is 11.7 Å². The minimum absolute atomic E-state index is 0.125. The van der Waals surface area contributed by atoms with E-state index in [1.54, 1.807) is 41.5 Å². The predicted octanol–water partition coefficient (Wildman–Crippen LogP) is 3.69. The molecule has 0 radical (unpaired) electrons. The van der Waals surface area contributed by atoms with Crippen LogP contribution in [0.2, 0.25) is 0 Å². The molecule has 1 N–H and O–H groups in total. The van der Waals surface area contributed by atoms with Gasteiger partial charge < -0.3 is 14.6 Å². The summed E-state index contributed by atoms with van der Waals surface area (Å²) in [5, 5.41) is 2.65. The molecule has 2 aromatic carbocycles. The van der Waals surface area contributed by atoms with Gasteiger partial charge in [-0.1, -0.05) is 50.2 Å². The largest absolute Gasteiger partial charge is 0.464 e. The van der Waals surface area contributed by atoms with Gasteiger partial charge in [-0.3, -0.25) is 4.79 Å². The Bertz CT molecular complexity index is 988. The number of esters is 1. The van der Waals surface area contributed by atoms with Crippen LogP contribution in [0.4, 0.5) is 4.39 Å². The van der Waals surface area contributed by atoms with Crippen molar-refractivity contribution in [3.63, 3.8) is 0 Å². The first-order chi connectivity index (χ1) is 14.4. The van der Waals surface area contributed by atoms with Gasteiger partial charge >= 0.3 is 5.97 Å². The molecule has 1 amide bonds. The van der Waals surface area contributed by atoms with E-state index in [0.717, 1.165) is 5.56 Å². The van der Waals surface area contributed by atoms with Crippen molar-refractivity contribution in [3.05, 3.63) is 78.6 Å². The highest BCUT2D eigenvalue weighted by Crippen LogP contribution is 2.23. The number of ether oxygens (including phenoxy) is 1. The number of aromatic nitrogens is 2. The van der Waals surface area contributed by atoms with Gasteiger partial charge in [0.25, 0.3) is 5.91 Å². The molecule has 1 heterocycles. The number of benzene rings is 2. The molecule has 0 aliphatic heterocycles. The standard InChI is InChI=1S/C23H24FN3O3/c1-16(2)14-30-23(29)21(13-27-11-10-25-15-27)26-22(28)18-8-9-19(20(24)12-18)17-6-4-3-5-7-17/h3-12,15-16,21H,13-14H2,1-2H3,(H,26,28)/t21-/m0/s1. The van der Waals surface area contributed by atoms with Gasteiger partial charge in [-0.25, -0.2) is 14.2 Å². The topological polar surface area (TPSA) is 73.2 Å². The Labute approximate surface area is 174 Å². The SMILES string of the molecule is CC(C)COC(=O)[C@H](Cn1ccnc1)NC(=O)c1ccc(-c2ccccc2)c(F)c1. The average Bonchev–Trinajstić information content (AvgIpc) is 3.25. The van der Waals surface area contributed by atoms with Crippen LogP contribution in [0.1, 0.15) is 24.2 Å². The van der Waals surface area contributed by atoms with E-state index in [0.29, 0.717) is 5.56 Å². The summed E-state index contributed by atoms with van der Waals surface area (Å²) in [4.78, 5) is 29.2. The van der Waals surface area contributed by atoms with E-state index in [4.69, 9.17) is 4.74 Å². The molecule has 0 aliphatic rings. The number of rotatable bonds is 8. The smallest absolute Gasteiger partial charge is 0.330 e. The van der Waals surface area contributed by atoms with Gasteiger partial charge in [0.1, 0.15) is 11.9 Å². The number of nitrogens with zero attached hydrogens (tertiary/aromatic N) is 2. The summed E-state index contributed by atoms with van der Waals surface area (Å²) in [5.74, 6) is -1.45. The molecule has 0 saturated heterocycles. The van der Waals surface area contributed by atoms with Gasteiger partial charge in [-0.15, -0.1) is 0 Å². The Morgan fingerprint density at radius 2 is 1.93 bits per heavy atom. The van der Waals surface area contributed by atoms with Crippen molar-refractivity contribution in [3.8, 4) is 11.1 Å². The van der Waals surface area contributed by atoms with E-state index >= 15 is 0 Å². The number of amides is 1. The van der Waals surface area contributed by atoms with Crippen molar-refractivity contribution >= 4 is 11.9 Å². The van der Waals surface area contributed by atoms with E-state index in [9.17, 15) is 14.0 Å². The monoisotopic (exact) mass is 409 g/mol. The molecule has 3 aromatic rings. The minimum Gasteiger partial charge on any atom is -0.464 e. The Morgan fingerprint density at radius 3 is 2.57 bits per heavy atom. The van der Waals surface area contributed by atoms with Crippen molar-refractivity contribution in [2.75, 3.05) is 6.61 Å². The normalized spacial score (nSPS) is 11.9. The maximum absolute atomic E-state index is 14.6. The first-order valence-corrected chi connectivity index (χ1v) is 9.72. The summed E-state index contributed by atoms with van der Waals surface area (Å²) in [6, 6.07) is 12.4. The van der Waals surface area contributed by atoms with Crippen LogP contribution >= 0.6 is 0 Å². The zero-order valence-corrected chi connectivity index (χ0v) is 16.9. The molecule has 0 unspecified atom stereocenters. The van der Waals surface area contributed by atoms with Crippen LogP contribution in [0.5, 0.6) is 0 Å². The molecule has 30 heavy (non-hydrogen) atoms. The molecule has 0 aliphatic carbocycles. The third-order valence-corrected chi connectivity index (χ3v) is 4.42. The van der Waals surface area contributed by atoms with Gasteiger partial charge in [0.15, 0.2) is 0 Å². The molecule has 0 saturated carbocycles. The van der Waals surface area contributed by atoms with E-state index in [-0.39, 0.29) is 24.6 Å². The first kappa shape index (κ1) is 21.2. The molecule has 0 bridgehead atoms. The molecule has 7 heteroatoms. The Balaban J connectivity index is 1.75. The maximum atomic E-state index is 14.6. The first-order valence-electron chi connectivity index (χ1n) is 9.72. The van der Waals surface area contributed by atoms with Gasteiger partial charge in [-0.2, -0.15) is 0 Å². The maximum Gasteiger partial charge on any atom is 0.330 e. The highest BCUT2D eigenvalue weighted by Gasteiger charge is 2.24. The molecule has 0 fully saturated rings. The van der Waals surface area contributed by atoms with Crippen molar-refractivity contribution in [1.82, 2.24) is 14.9 Å². The summed E-state index contributed by atoms with van der Waals surface area (Å²) in [6.45, 7) is 4.25. The zero-order valence-electron chi connectivity index (χ0n) is 16.9. The summed E-state index contributed by atoms with van der Waals surface area (Å²) in [6.07, 6.45) is 4.81. The quantitative estimate of drug-likeness (QED) is 0.576. The van der Waals surface area contributed by atoms with Crippen LogP contribution in [-0.4, -0.2) is 34.1 Å². The third-order valence-electron chi connectivity index (χ3n) is 4.42. The second-order valence-electron chi connectivity index (χ2n) is 7.37. The van der Waals surface area contributed by atoms with Gasteiger partial charge in [0.2, 0.25) is 0 Å². The Kier molecular flexibility index (Phi) is 6.95. The fourth-order valence-electron chi connectivity index (χ4n) is 2.88. The second kappa shape index (κ2) is 9.82. The molecule has 6 nitrogen and oxygen atoms in total. The van der Waals surface area contributed by atoms with Gasteiger partial charge in [0.05, 0.1) is 19.5 Å². The number of carbonyl (C=O) groups is 2. The van der Waals surface area contributed by atoms with Crippen molar-refractivity contribution < 1.29 is 18.7 Å². The lowest BCUT2D eigenvalue weighted by atomic mass is 10.0. The lowest BCUT2D eigenvalue weighted by Gasteiger charge is -2.19. The van der Waals surface area contributed by atoms with Crippen LogP contribution in [-0.2, 0) is 16.1 Å². The van der Waals surface area contributed by atoms with Gasteiger partial charge in [-0.05, 0) is 23.6 Å². The second-order valence-corrected chi connectivity index (χ2v) is 7.37. The Morgan fingerprint density at radius 1 is 1.17 bits per heavy atom. The lowest BCUT2D eigenvalue weighted by Crippen LogP contribution is -2.44. The predicted molar refractivity (Wildman–Crippen MR) is 111 cm³/mol. The molecule has 0 spiro atoms. The van der Waals surface area contributed by atoms with Crippen molar-refractivity contribution in [1.29, 1.82) is 0 Å².